The molecular formula is C21H26ClN5O2. The van der Waals surface area contributed by atoms with Crippen LogP contribution in [0.15, 0.2) is 30.5 Å². The number of amides is 1. The van der Waals surface area contributed by atoms with Crippen molar-refractivity contribution in [2.45, 2.75) is 31.2 Å². The van der Waals surface area contributed by atoms with Crippen LogP contribution in [-0.4, -0.2) is 55.3 Å². The molecule has 2 aromatic rings. The van der Waals surface area contributed by atoms with Gasteiger partial charge in [0, 0.05) is 67.9 Å². The Morgan fingerprint density at radius 2 is 2.07 bits per heavy atom. The summed E-state index contributed by atoms with van der Waals surface area (Å²) < 4.78 is 5.46. The number of nitrogens with one attached hydrogen (secondary N) is 2. The van der Waals surface area contributed by atoms with E-state index < -0.39 is 0 Å². The van der Waals surface area contributed by atoms with E-state index >= 15 is 0 Å². The minimum absolute atomic E-state index is 0.0431. The largest absolute Gasteiger partial charge is 0.387 e. The molecule has 1 aromatic carbocycles. The van der Waals surface area contributed by atoms with Gasteiger partial charge in [0.2, 0.25) is 5.95 Å². The maximum atomic E-state index is 12.8. The third kappa shape index (κ3) is 4.62. The van der Waals surface area contributed by atoms with Crippen molar-refractivity contribution < 1.29 is 9.53 Å². The zero-order valence-electron chi connectivity index (χ0n) is 16.5. The highest BCUT2D eigenvalue weighted by Crippen LogP contribution is 2.27. The maximum absolute atomic E-state index is 12.8. The number of carbonyl (C=O) groups excluding carboxylic acids is 1. The monoisotopic (exact) mass is 415 g/mol. The lowest BCUT2D eigenvalue weighted by atomic mass is 9.96. The van der Waals surface area contributed by atoms with Gasteiger partial charge in [0.05, 0.1) is 5.56 Å². The Bertz CT molecular complexity index is 872. The van der Waals surface area contributed by atoms with Crippen molar-refractivity contribution in [3.05, 3.63) is 46.7 Å². The third-order valence-corrected chi connectivity index (χ3v) is 5.84. The average Bonchev–Trinajstić information content (AvgIpc) is 3.23. The predicted molar refractivity (Wildman–Crippen MR) is 114 cm³/mol. The van der Waals surface area contributed by atoms with Crippen molar-refractivity contribution >= 4 is 29.1 Å². The Labute approximate surface area is 175 Å². The van der Waals surface area contributed by atoms with Crippen molar-refractivity contribution in [3.8, 4) is 0 Å². The molecule has 8 heteroatoms. The Morgan fingerprint density at radius 1 is 1.24 bits per heavy atom. The molecule has 1 atom stereocenters. The van der Waals surface area contributed by atoms with Gasteiger partial charge in [0.1, 0.15) is 0 Å². The van der Waals surface area contributed by atoms with Crippen LogP contribution in [-0.2, 0) is 4.74 Å². The van der Waals surface area contributed by atoms with Crippen molar-refractivity contribution in [2.24, 2.45) is 0 Å². The molecular weight excluding hydrogens is 390 g/mol. The van der Waals surface area contributed by atoms with E-state index in [0.29, 0.717) is 23.0 Å². The summed E-state index contributed by atoms with van der Waals surface area (Å²) in [4.78, 5) is 24.2. The normalized spacial score (nSPS) is 19.9. The number of benzene rings is 1. The standard InChI is InChI=1S/C21H26ClN5O2/c1-23-19-3-2-15(22)12-17(19)20(28)25-16-5-9-27(13-16)21-24-8-4-18(26-21)14-6-10-29-11-7-14/h2-4,8,12,14,16,23H,5-7,9-11,13H2,1H3,(H,25,28). The van der Waals surface area contributed by atoms with Crippen LogP contribution in [0.2, 0.25) is 5.02 Å². The number of nitrogens with zero attached hydrogens (tertiary/aromatic N) is 3. The second kappa shape index (κ2) is 8.97. The molecule has 0 radical (unpaired) electrons. The second-order valence-corrected chi connectivity index (χ2v) is 7.95. The third-order valence-electron chi connectivity index (χ3n) is 5.61. The van der Waals surface area contributed by atoms with E-state index in [1.165, 1.54) is 0 Å². The smallest absolute Gasteiger partial charge is 0.253 e. The quantitative estimate of drug-likeness (QED) is 0.781. The molecule has 2 aliphatic rings. The van der Waals surface area contributed by atoms with Gasteiger partial charge in [-0.15, -0.1) is 0 Å². The van der Waals surface area contributed by atoms with Crippen LogP contribution in [0, 0.1) is 0 Å². The number of halogens is 1. The van der Waals surface area contributed by atoms with E-state index in [1.54, 1.807) is 19.2 Å². The van der Waals surface area contributed by atoms with Crippen molar-refractivity contribution in [2.75, 3.05) is 43.6 Å². The fraction of sp³-hybridized carbons (Fsp3) is 0.476. The molecule has 2 saturated heterocycles. The Morgan fingerprint density at radius 3 is 2.86 bits per heavy atom. The number of anilines is 2. The first-order chi connectivity index (χ1) is 14.1. The molecule has 4 rings (SSSR count). The molecule has 0 spiro atoms. The van der Waals surface area contributed by atoms with Gasteiger partial charge in [-0.25, -0.2) is 9.97 Å². The van der Waals surface area contributed by atoms with E-state index in [-0.39, 0.29) is 11.9 Å². The van der Waals surface area contributed by atoms with E-state index in [2.05, 4.69) is 20.5 Å². The number of rotatable bonds is 5. The fourth-order valence-electron chi connectivity index (χ4n) is 3.98. The number of hydrogen-bond acceptors (Lipinski definition) is 6. The Kier molecular flexibility index (Phi) is 6.16. The second-order valence-electron chi connectivity index (χ2n) is 7.51. The first-order valence-corrected chi connectivity index (χ1v) is 10.5. The highest BCUT2D eigenvalue weighted by Gasteiger charge is 2.27. The zero-order chi connectivity index (χ0) is 20.2. The summed E-state index contributed by atoms with van der Waals surface area (Å²) in [5, 5.41) is 6.71. The Hall–Kier alpha value is -2.38. The minimum Gasteiger partial charge on any atom is -0.387 e. The summed E-state index contributed by atoms with van der Waals surface area (Å²) in [6.07, 6.45) is 4.70. The number of ether oxygens (including phenoxy) is 1. The average molecular weight is 416 g/mol. The lowest BCUT2D eigenvalue weighted by Gasteiger charge is -2.23. The number of hydrogen-bond donors (Lipinski definition) is 2. The molecule has 1 unspecified atom stereocenters. The molecule has 2 aliphatic heterocycles. The lowest BCUT2D eigenvalue weighted by Crippen LogP contribution is -2.37. The summed E-state index contributed by atoms with van der Waals surface area (Å²) in [5.41, 5.74) is 2.40. The summed E-state index contributed by atoms with van der Waals surface area (Å²) >= 11 is 6.08. The molecule has 1 amide bonds. The SMILES string of the molecule is CNc1ccc(Cl)cc1C(=O)NC1CCN(c2nccc(C3CCOCC3)n2)C1. The van der Waals surface area contributed by atoms with Gasteiger partial charge >= 0.3 is 0 Å². The molecule has 0 aliphatic carbocycles. The van der Waals surface area contributed by atoms with Gasteiger partial charge < -0.3 is 20.3 Å². The lowest BCUT2D eigenvalue weighted by molar-refractivity contribution is 0.0845. The van der Waals surface area contributed by atoms with Gasteiger partial charge in [-0.05, 0) is 43.5 Å². The molecule has 0 bridgehead atoms. The van der Waals surface area contributed by atoms with Gasteiger partial charge in [0.25, 0.3) is 5.91 Å². The van der Waals surface area contributed by atoms with Crippen LogP contribution >= 0.6 is 11.6 Å². The van der Waals surface area contributed by atoms with Crippen LogP contribution < -0.4 is 15.5 Å². The molecule has 29 heavy (non-hydrogen) atoms. The van der Waals surface area contributed by atoms with Crippen molar-refractivity contribution in [3.63, 3.8) is 0 Å². The first kappa shape index (κ1) is 19.9. The molecule has 7 nitrogen and oxygen atoms in total. The fourth-order valence-corrected chi connectivity index (χ4v) is 4.15. The molecule has 154 valence electrons. The van der Waals surface area contributed by atoms with E-state index in [0.717, 1.165) is 56.4 Å². The molecule has 0 saturated carbocycles. The van der Waals surface area contributed by atoms with Gasteiger partial charge in [-0.1, -0.05) is 11.6 Å². The van der Waals surface area contributed by atoms with Crippen LogP contribution in [0.1, 0.15) is 41.2 Å². The topological polar surface area (TPSA) is 79.4 Å². The van der Waals surface area contributed by atoms with Gasteiger partial charge in [0.15, 0.2) is 0 Å². The molecule has 2 fully saturated rings. The Balaban J connectivity index is 1.41. The van der Waals surface area contributed by atoms with E-state index in [9.17, 15) is 4.79 Å². The van der Waals surface area contributed by atoms with Crippen molar-refractivity contribution in [1.82, 2.24) is 15.3 Å². The van der Waals surface area contributed by atoms with Crippen molar-refractivity contribution in [1.29, 1.82) is 0 Å². The minimum atomic E-state index is -0.124. The summed E-state index contributed by atoms with van der Waals surface area (Å²) in [5.74, 6) is 1.05. The van der Waals surface area contributed by atoms with Crippen LogP contribution in [0.4, 0.5) is 11.6 Å². The maximum Gasteiger partial charge on any atom is 0.253 e. The highest BCUT2D eigenvalue weighted by atomic mass is 35.5. The van der Waals surface area contributed by atoms with Gasteiger partial charge in [-0.3, -0.25) is 4.79 Å². The molecule has 2 N–H and O–H groups in total. The predicted octanol–water partition coefficient (Wildman–Crippen LogP) is 3.07. The molecule has 3 heterocycles. The first-order valence-electron chi connectivity index (χ1n) is 10.1. The van der Waals surface area contributed by atoms with Crippen LogP contribution in [0.25, 0.3) is 0 Å². The van der Waals surface area contributed by atoms with E-state index in [4.69, 9.17) is 21.3 Å². The van der Waals surface area contributed by atoms with E-state index in [1.807, 2.05) is 18.3 Å². The highest BCUT2D eigenvalue weighted by molar-refractivity contribution is 6.31. The summed E-state index contributed by atoms with van der Waals surface area (Å²) in [7, 11) is 1.79. The number of carbonyl (C=O) groups is 1. The van der Waals surface area contributed by atoms with Gasteiger partial charge in [-0.2, -0.15) is 0 Å². The summed E-state index contributed by atoms with van der Waals surface area (Å²) in [6.45, 7) is 3.09. The van der Waals surface area contributed by atoms with Crippen LogP contribution in [0.3, 0.4) is 0 Å². The number of aromatic nitrogens is 2. The van der Waals surface area contributed by atoms with Crippen LogP contribution in [0.5, 0.6) is 0 Å². The summed E-state index contributed by atoms with van der Waals surface area (Å²) in [6, 6.07) is 7.32. The zero-order valence-corrected chi connectivity index (χ0v) is 17.3. The molecule has 1 aromatic heterocycles.